The molecule has 20 heavy (non-hydrogen) atoms. The van der Waals surface area contributed by atoms with E-state index in [1.165, 1.54) is 0 Å². The van der Waals surface area contributed by atoms with E-state index in [0.29, 0.717) is 13.2 Å². The first-order valence-corrected chi connectivity index (χ1v) is 6.44. The molecule has 0 aliphatic carbocycles. The predicted octanol–water partition coefficient (Wildman–Crippen LogP) is 1.37. The number of azide groups is 1. The molecule has 0 saturated carbocycles. The van der Waals surface area contributed by atoms with Crippen LogP contribution < -0.4 is 0 Å². The molecule has 2 unspecified atom stereocenters. The number of hydrogen-bond acceptors (Lipinski definition) is 5. The second-order valence-electron chi connectivity index (χ2n) is 4.82. The fourth-order valence-electron chi connectivity index (χ4n) is 2.52. The summed E-state index contributed by atoms with van der Waals surface area (Å²) in [5, 5.41) is 13.8. The number of hydrogen-bond donors (Lipinski definition) is 1. The molecule has 2 aliphatic heterocycles. The van der Waals surface area contributed by atoms with Crippen LogP contribution in [0.5, 0.6) is 0 Å². The minimum Gasteiger partial charge on any atom is -0.390 e. The van der Waals surface area contributed by atoms with Crippen molar-refractivity contribution in [3.05, 3.63) is 46.3 Å². The Labute approximate surface area is 115 Å². The molecule has 7 nitrogen and oxygen atoms in total. The SMILES string of the molecule is [N-]=[N+]=NC1[C@@H]2OCC(O2)[C@@H](OCc2ccccc2)[C@H]1O. The van der Waals surface area contributed by atoms with Gasteiger partial charge in [-0.1, -0.05) is 35.4 Å². The van der Waals surface area contributed by atoms with Crippen LogP contribution in [0.1, 0.15) is 5.56 Å². The normalized spacial score (nSPS) is 35.5. The molecule has 2 heterocycles. The van der Waals surface area contributed by atoms with Crippen LogP contribution in [0.3, 0.4) is 0 Å². The van der Waals surface area contributed by atoms with Crippen LogP contribution in [-0.2, 0) is 20.8 Å². The van der Waals surface area contributed by atoms with Crippen molar-refractivity contribution in [2.75, 3.05) is 6.61 Å². The lowest BCUT2D eigenvalue weighted by Crippen LogP contribution is -2.53. The van der Waals surface area contributed by atoms with Gasteiger partial charge in [-0.3, -0.25) is 0 Å². The van der Waals surface area contributed by atoms with Gasteiger partial charge in [0.15, 0.2) is 6.29 Å². The maximum absolute atomic E-state index is 10.3. The number of nitrogens with zero attached hydrogens (tertiary/aromatic N) is 3. The zero-order chi connectivity index (χ0) is 13.9. The molecule has 2 saturated heterocycles. The molecule has 0 amide bonds. The Morgan fingerprint density at radius 1 is 1.40 bits per heavy atom. The number of aliphatic hydroxyl groups excluding tert-OH is 1. The highest BCUT2D eigenvalue weighted by Gasteiger charge is 2.50. The van der Waals surface area contributed by atoms with Crippen molar-refractivity contribution in [3.63, 3.8) is 0 Å². The molecule has 0 spiro atoms. The Hall–Kier alpha value is -1.63. The minimum atomic E-state index is -0.930. The summed E-state index contributed by atoms with van der Waals surface area (Å²) in [5.41, 5.74) is 9.55. The molecule has 3 rings (SSSR count). The van der Waals surface area contributed by atoms with E-state index in [1.54, 1.807) is 0 Å². The van der Waals surface area contributed by atoms with Crippen molar-refractivity contribution in [2.24, 2.45) is 5.11 Å². The molecule has 1 aromatic rings. The lowest BCUT2D eigenvalue weighted by Gasteiger charge is -2.35. The summed E-state index contributed by atoms with van der Waals surface area (Å²) in [4.78, 5) is 2.73. The average molecular weight is 277 g/mol. The third kappa shape index (κ3) is 2.49. The molecule has 1 N–H and O–H groups in total. The van der Waals surface area contributed by atoms with Gasteiger partial charge in [-0.25, -0.2) is 0 Å². The summed E-state index contributed by atoms with van der Waals surface area (Å²) >= 11 is 0. The zero-order valence-corrected chi connectivity index (χ0v) is 10.7. The topological polar surface area (TPSA) is 96.7 Å². The van der Waals surface area contributed by atoms with E-state index in [4.69, 9.17) is 19.7 Å². The van der Waals surface area contributed by atoms with Crippen LogP contribution in [0.25, 0.3) is 10.4 Å². The van der Waals surface area contributed by atoms with Crippen LogP contribution in [0.2, 0.25) is 0 Å². The average Bonchev–Trinajstić information content (AvgIpc) is 2.90. The van der Waals surface area contributed by atoms with Gasteiger partial charge in [-0.2, -0.15) is 0 Å². The van der Waals surface area contributed by atoms with Crippen molar-refractivity contribution >= 4 is 0 Å². The molecule has 2 fully saturated rings. The van der Waals surface area contributed by atoms with Gasteiger partial charge in [0.05, 0.1) is 19.3 Å². The Morgan fingerprint density at radius 3 is 2.95 bits per heavy atom. The first-order chi connectivity index (χ1) is 9.79. The summed E-state index contributed by atoms with van der Waals surface area (Å²) in [7, 11) is 0. The molecular weight excluding hydrogens is 262 g/mol. The molecule has 2 bridgehead atoms. The van der Waals surface area contributed by atoms with Gasteiger partial charge in [0.1, 0.15) is 18.2 Å². The summed E-state index contributed by atoms with van der Waals surface area (Å²) in [6, 6.07) is 8.87. The van der Waals surface area contributed by atoms with E-state index in [-0.39, 0.29) is 6.10 Å². The summed E-state index contributed by atoms with van der Waals surface area (Å²) in [6.07, 6.45) is -2.50. The first kappa shape index (κ1) is 13.4. The molecule has 1 aromatic carbocycles. The Bertz CT molecular complexity index is 506. The Kier molecular flexibility index (Phi) is 3.86. The third-order valence-corrected chi connectivity index (χ3v) is 3.54. The number of aliphatic hydroxyl groups is 1. The lowest BCUT2D eigenvalue weighted by atomic mass is 9.99. The van der Waals surface area contributed by atoms with Crippen LogP contribution in [0.15, 0.2) is 35.4 Å². The van der Waals surface area contributed by atoms with E-state index in [9.17, 15) is 5.11 Å². The molecule has 0 radical (unpaired) electrons. The van der Waals surface area contributed by atoms with Crippen LogP contribution in [-0.4, -0.2) is 42.4 Å². The quantitative estimate of drug-likeness (QED) is 0.510. The smallest absolute Gasteiger partial charge is 0.169 e. The molecule has 0 aromatic heterocycles. The highest BCUT2D eigenvalue weighted by Crippen LogP contribution is 2.32. The van der Waals surface area contributed by atoms with Crippen molar-refractivity contribution in [1.29, 1.82) is 0 Å². The van der Waals surface area contributed by atoms with Gasteiger partial charge in [0, 0.05) is 4.91 Å². The van der Waals surface area contributed by atoms with Crippen molar-refractivity contribution in [2.45, 2.75) is 37.3 Å². The maximum Gasteiger partial charge on any atom is 0.169 e. The van der Waals surface area contributed by atoms with Crippen molar-refractivity contribution in [3.8, 4) is 0 Å². The zero-order valence-electron chi connectivity index (χ0n) is 10.7. The van der Waals surface area contributed by atoms with Gasteiger partial charge in [-0.15, -0.1) is 0 Å². The molecule has 7 heteroatoms. The lowest BCUT2D eigenvalue weighted by molar-refractivity contribution is -0.195. The second kappa shape index (κ2) is 5.78. The van der Waals surface area contributed by atoms with Crippen molar-refractivity contribution in [1.82, 2.24) is 0 Å². The maximum atomic E-state index is 10.3. The van der Waals surface area contributed by atoms with E-state index < -0.39 is 24.5 Å². The minimum absolute atomic E-state index is 0.330. The van der Waals surface area contributed by atoms with Gasteiger partial charge >= 0.3 is 0 Å². The van der Waals surface area contributed by atoms with E-state index in [2.05, 4.69) is 10.0 Å². The molecular formula is C13H15N3O4. The van der Waals surface area contributed by atoms with Gasteiger partial charge in [0.25, 0.3) is 0 Å². The molecule has 5 atom stereocenters. The van der Waals surface area contributed by atoms with E-state index >= 15 is 0 Å². The fraction of sp³-hybridized carbons (Fsp3) is 0.538. The van der Waals surface area contributed by atoms with Crippen LogP contribution in [0, 0.1) is 0 Å². The summed E-state index contributed by atoms with van der Waals surface area (Å²) in [5.74, 6) is 0. The summed E-state index contributed by atoms with van der Waals surface area (Å²) in [6.45, 7) is 0.689. The standard InChI is InChI=1S/C13H15N3O4/c14-16-15-10-11(17)12(9-7-19-13(10)20-9)18-6-8-4-2-1-3-5-8/h1-5,9-13,17H,6-7H2/t9?,10?,11-,12+,13+/m0/s1. The number of benzene rings is 1. The molecule has 2 aliphatic rings. The largest absolute Gasteiger partial charge is 0.390 e. The monoisotopic (exact) mass is 277 g/mol. The van der Waals surface area contributed by atoms with Crippen LogP contribution >= 0.6 is 0 Å². The predicted molar refractivity (Wildman–Crippen MR) is 68.6 cm³/mol. The summed E-state index contributed by atoms with van der Waals surface area (Å²) < 4.78 is 16.7. The van der Waals surface area contributed by atoms with Crippen molar-refractivity contribution < 1.29 is 19.3 Å². The Morgan fingerprint density at radius 2 is 2.20 bits per heavy atom. The first-order valence-electron chi connectivity index (χ1n) is 6.44. The highest BCUT2D eigenvalue weighted by molar-refractivity contribution is 5.13. The number of fused-ring (bicyclic) bond motifs is 2. The van der Waals surface area contributed by atoms with Gasteiger partial charge < -0.3 is 19.3 Å². The fourth-order valence-corrected chi connectivity index (χ4v) is 2.52. The number of rotatable bonds is 4. The van der Waals surface area contributed by atoms with E-state index in [0.717, 1.165) is 5.56 Å². The van der Waals surface area contributed by atoms with Gasteiger partial charge in [0.2, 0.25) is 0 Å². The van der Waals surface area contributed by atoms with Crippen LogP contribution in [0.4, 0.5) is 0 Å². The number of ether oxygens (including phenoxy) is 3. The van der Waals surface area contributed by atoms with E-state index in [1.807, 2.05) is 30.3 Å². The Balaban J connectivity index is 1.70. The highest BCUT2D eigenvalue weighted by atomic mass is 16.7. The third-order valence-electron chi connectivity index (χ3n) is 3.54. The molecule has 106 valence electrons. The van der Waals surface area contributed by atoms with Gasteiger partial charge in [-0.05, 0) is 11.1 Å². The second-order valence-corrected chi connectivity index (χ2v) is 4.82.